The molecule has 1 aliphatic heterocycles. The van der Waals surface area contributed by atoms with E-state index in [1.54, 1.807) is 6.26 Å². The van der Waals surface area contributed by atoms with Crippen LogP contribution < -0.4 is 10.2 Å². The van der Waals surface area contributed by atoms with Crippen molar-refractivity contribution in [2.75, 3.05) is 11.4 Å². The number of carbonyl (C=O) groups is 1. The fraction of sp³-hybridized carbons (Fsp3) is 0.522. The number of hydrogen-bond acceptors (Lipinski definition) is 4. The van der Waals surface area contributed by atoms with Crippen molar-refractivity contribution in [3.8, 4) is 0 Å². The summed E-state index contributed by atoms with van der Waals surface area (Å²) in [5, 5.41) is 13.7. The largest absolute Gasteiger partial charge is 0.459 e. The second-order valence-corrected chi connectivity index (χ2v) is 8.41. The molecule has 1 atom stereocenters. The molecule has 150 valence electrons. The summed E-state index contributed by atoms with van der Waals surface area (Å²) < 4.78 is 5.54. The second-order valence-electron chi connectivity index (χ2n) is 8.41. The zero-order valence-electron chi connectivity index (χ0n) is 16.6. The average Bonchev–Trinajstić information content (AvgIpc) is 3.20. The lowest BCUT2D eigenvalue weighted by atomic mass is 9.94. The van der Waals surface area contributed by atoms with Gasteiger partial charge in [0, 0.05) is 30.4 Å². The van der Waals surface area contributed by atoms with Crippen LogP contribution in [0.4, 0.5) is 5.69 Å². The second kappa shape index (κ2) is 8.00. The van der Waals surface area contributed by atoms with Crippen molar-refractivity contribution in [1.82, 2.24) is 5.32 Å². The molecule has 1 aromatic carbocycles. The molecule has 1 fully saturated rings. The molecule has 2 aromatic rings. The minimum atomic E-state index is -0.790. The molecule has 2 aliphatic rings. The van der Waals surface area contributed by atoms with Crippen LogP contribution in [0.3, 0.4) is 0 Å². The Morgan fingerprint density at radius 1 is 1.21 bits per heavy atom. The van der Waals surface area contributed by atoms with Gasteiger partial charge in [-0.3, -0.25) is 4.79 Å². The maximum Gasteiger partial charge on any atom is 0.287 e. The summed E-state index contributed by atoms with van der Waals surface area (Å²) in [6.07, 6.45) is 8.46. The van der Waals surface area contributed by atoms with Crippen LogP contribution in [0.2, 0.25) is 0 Å². The third-order valence-corrected chi connectivity index (χ3v) is 6.25. The number of para-hydroxylation sites is 1. The number of rotatable bonds is 5. The summed E-state index contributed by atoms with van der Waals surface area (Å²) >= 11 is 0. The van der Waals surface area contributed by atoms with E-state index in [2.05, 4.69) is 41.4 Å². The van der Waals surface area contributed by atoms with Crippen LogP contribution in [-0.2, 0) is 13.0 Å². The molecule has 1 amide bonds. The molecular formula is C23H30N2O3. The molecule has 0 spiro atoms. The Labute approximate surface area is 166 Å². The zero-order valence-corrected chi connectivity index (χ0v) is 16.6. The van der Waals surface area contributed by atoms with Gasteiger partial charge in [-0.15, -0.1) is 0 Å². The van der Waals surface area contributed by atoms with E-state index >= 15 is 0 Å². The molecule has 0 saturated heterocycles. The molecular weight excluding hydrogens is 352 g/mol. The zero-order chi connectivity index (χ0) is 19.6. The number of benzene rings is 1. The molecule has 0 bridgehead atoms. The first-order valence-electron chi connectivity index (χ1n) is 10.5. The number of anilines is 1. The Morgan fingerprint density at radius 2 is 1.96 bits per heavy atom. The Hall–Kier alpha value is -2.27. The number of nitrogens with one attached hydrogen (secondary N) is 1. The number of furan rings is 1. The van der Waals surface area contributed by atoms with Crippen LogP contribution in [0.1, 0.15) is 67.1 Å². The average molecular weight is 383 g/mol. The fourth-order valence-electron chi connectivity index (χ4n) is 4.60. The van der Waals surface area contributed by atoms with E-state index in [4.69, 9.17) is 4.42 Å². The van der Waals surface area contributed by atoms with Gasteiger partial charge in [-0.05, 0) is 43.9 Å². The highest BCUT2D eigenvalue weighted by atomic mass is 16.3. The maximum atomic E-state index is 12.8. The van der Waals surface area contributed by atoms with Gasteiger partial charge in [-0.2, -0.15) is 0 Å². The van der Waals surface area contributed by atoms with Gasteiger partial charge in [0.25, 0.3) is 5.91 Å². The van der Waals surface area contributed by atoms with Gasteiger partial charge >= 0.3 is 0 Å². The van der Waals surface area contributed by atoms with E-state index in [0.29, 0.717) is 18.3 Å². The van der Waals surface area contributed by atoms with Crippen LogP contribution in [0.15, 0.2) is 41.0 Å². The van der Waals surface area contributed by atoms with Crippen molar-refractivity contribution in [3.63, 3.8) is 0 Å². The van der Waals surface area contributed by atoms with Crippen molar-refractivity contribution in [2.45, 2.75) is 70.1 Å². The molecule has 1 aliphatic carbocycles. The van der Waals surface area contributed by atoms with Gasteiger partial charge in [-0.25, -0.2) is 0 Å². The van der Waals surface area contributed by atoms with Crippen molar-refractivity contribution in [3.05, 3.63) is 53.5 Å². The summed E-state index contributed by atoms with van der Waals surface area (Å²) in [5.74, 6) is 0.117. The van der Waals surface area contributed by atoms with Crippen LogP contribution in [0.25, 0.3) is 0 Å². The minimum Gasteiger partial charge on any atom is -0.459 e. The van der Waals surface area contributed by atoms with E-state index < -0.39 is 5.60 Å². The highest BCUT2D eigenvalue weighted by Gasteiger charge is 2.30. The van der Waals surface area contributed by atoms with Crippen molar-refractivity contribution >= 4 is 11.6 Å². The first-order chi connectivity index (χ1) is 13.6. The van der Waals surface area contributed by atoms with Gasteiger partial charge in [-0.1, -0.05) is 43.9 Å². The Kier molecular flexibility index (Phi) is 5.44. The van der Waals surface area contributed by atoms with E-state index in [1.165, 1.54) is 11.3 Å². The van der Waals surface area contributed by atoms with Gasteiger partial charge < -0.3 is 19.7 Å². The van der Waals surface area contributed by atoms with E-state index in [9.17, 15) is 9.90 Å². The summed E-state index contributed by atoms with van der Waals surface area (Å²) in [6.45, 7) is 3.14. The quantitative estimate of drug-likeness (QED) is 0.766. The number of fused-ring (bicyclic) bond motifs is 1. The lowest BCUT2D eigenvalue weighted by molar-refractivity contribution is 0.0243. The number of amides is 1. The van der Waals surface area contributed by atoms with Crippen LogP contribution in [-0.4, -0.2) is 29.2 Å². The normalized spacial score (nSPS) is 21.2. The van der Waals surface area contributed by atoms with Crippen LogP contribution >= 0.6 is 0 Å². The van der Waals surface area contributed by atoms with Gasteiger partial charge in [0.1, 0.15) is 0 Å². The first kappa shape index (κ1) is 19.1. The maximum absolute atomic E-state index is 12.8. The number of carbonyl (C=O) groups excluding carboxylic acids is 1. The van der Waals surface area contributed by atoms with Crippen LogP contribution in [0, 0.1) is 0 Å². The molecule has 0 radical (unpaired) electrons. The van der Waals surface area contributed by atoms with E-state index in [0.717, 1.165) is 50.5 Å². The number of hydrogen-bond donors (Lipinski definition) is 2. The topological polar surface area (TPSA) is 65.7 Å². The van der Waals surface area contributed by atoms with Gasteiger partial charge in [0.15, 0.2) is 5.76 Å². The van der Waals surface area contributed by atoms with E-state index in [1.807, 2.05) is 6.07 Å². The molecule has 2 heterocycles. The monoisotopic (exact) mass is 382 g/mol. The molecule has 28 heavy (non-hydrogen) atoms. The van der Waals surface area contributed by atoms with Crippen molar-refractivity contribution in [2.24, 2.45) is 0 Å². The summed E-state index contributed by atoms with van der Waals surface area (Å²) in [7, 11) is 0. The molecule has 2 N–H and O–H groups in total. The predicted molar refractivity (Wildman–Crippen MR) is 109 cm³/mol. The molecule has 5 nitrogen and oxygen atoms in total. The molecule has 1 saturated carbocycles. The number of nitrogens with zero attached hydrogens (tertiary/aromatic N) is 1. The third-order valence-electron chi connectivity index (χ3n) is 6.25. The molecule has 1 aromatic heterocycles. The summed E-state index contributed by atoms with van der Waals surface area (Å²) in [4.78, 5) is 15.1. The summed E-state index contributed by atoms with van der Waals surface area (Å²) in [6, 6.07) is 10.7. The first-order valence-corrected chi connectivity index (χ1v) is 10.5. The minimum absolute atomic E-state index is 0.238. The molecule has 4 rings (SSSR count). The Balaban J connectivity index is 1.43. The van der Waals surface area contributed by atoms with Gasteiger partial charge in [0.2, 0.25) is 0 Å². The Bertz CT molecular complexity index is 821. The Morgan fingerprint density at radius 3 is 2.75 bits per heavy atom. The smallest absolute Gasteiger partial charge is 0.287 e. The third kappa shape index (κ3) is 3.95. The molecule has 5 heteroatoms. The van der Waals surface area contributed by atoms with Crippen molar-refractivity contribution in [1.29, 1.82) is 0 Å². The SMILES string of the molecule is CC1Cc2ccccc2N1Cc1ccoc1C(=O)NCC1(O)CCCCCC1. The van der Waals surface area contributed by atoms with E-state index in [-0.39, 0.29) is 12.5 Å². The summed E-state index contributed by atoms with van der Waals surface area (Å²) in [5.41, 5.74) is 2.67. The lowest BCUT2D eigenvalue weighted by Crippen LogP contribution is -2.42. The fourth-order valence-corrected chi connectivity index (χ4v) is 4.60. The lowest BCUT2D eigenvalue weighted by Gasteiger charge is -2.27. The molecule has 1 unspecified atom stereocenters. The number of aliphatic hydroxyl groups is 1. The van der Waals surface area contributed by atoms with Gasteiger partial charge in [0.05, 0.1) is 11.9 Å². The standard InChI is InChI=1S/C23H30N2O3/c1-17-14-18-8-4-5-9-20(18)25(17)15-19-10-13-28-21(19)22(26)24-16-23(27)11-6-2-3-7-12-23/h4-5,8-10,13,17,27H,2-3,6-7,11-12,14-16H2,1H3,(H,24,26). The predicted octanol–water partition coefficient (Wildman–Crippen LogP) is 4.05. The van der Waals surface area contributed by atoms with Crippen LogP contribution in [0.5, 0.6) is 0 Å². The highest BCUT2D eigenvalue weighted by molar-refractivity contribution is 5.93. The highest BCUT2D eigenvalue weighted by Crippen LogP contribution is 2.33. The van der Waals surface area contributed by atoms with Crippen molar-refractivity contribution < 1.29 is 14.3 Å².